The van der Waals surface area contributed by atoms with Crippen molar-refractivity contribution in [2.75, 3.05) is 44.0 Å². The molecule has 0 aliphatic carbocycles. The van der Waals surface area contributed by atoms with Gasteiger partial charge in [-0.2, -0.15) is 0 Å². The number of nitro groups is 1. The maximum atomic E-state index is 13.6. The Morgan fingerprint density at radius 2 is 1.77 bits per heavy atom. The van der Waals surface area contributed by atoms with Crippen molar-refractivity contribution in [1.82, 2.24) is 18.9 Å². The van der Waals surface area contributed by atoms with Gasteiger partial charge < -0.3 is 19.9 Å². The van der Waals surface area contributed by atoms with Crippen molar-refractivity contribution in [3.63, 3.8) is 0 Å². The van der Waals surface area contributed by atoms with E-state index < -0.39 is 12.5 Å². The lowest BCUT2D eigenvalue weighted by atomic mass is 10.3. The fourth-order valence-corrected chi connectivity index (χ4v) is 5.47. The molecule has 1 N–H and O–H groups in total. The first-order chi connectivity index (χ1) is 14.2. The number of halogens is 2. The number of aromatic nitrogens is 2. The minimum atomic E-state index is -3.12. The van der Waals surface area contributed by atoms with E-state index in [1.165, 1.54) is 10.8 Å². The van der Waals surface area contributed by atoms with Crippen LogP contribution < -0.4 is 9.82 Å². The van der Waals surface area contributed by atoms with E-state index >= 15 is 0 Å². The monoisotopic (exact) mass is 478 g/mol. The largest absolute Gasteiger partial charge is 0.486 e. The lowest BCUT2D eigenvalue weighted by Gasteiger charge is -2.35. The number of hydrogen-bond acceptors (Lipinski definition) is 5. The molecular formula is C17H25Cl2N6O4P. The van der Waals surface area contributed by atoms with Crippen molar-refractivity contribution in [2.24, 2.45) is 7.05 Å². The minimum Gasteiger partial charge on any atom is -0.486 e. The van der Waals surface area contributed by atoms with Gasteiger partial charge in [0, 0.05) is 30.5 Å². The first kappa shape index (κ1) is 24.4. The maximum Gasteiger partial charge on any atom is 0.434 e. The molecule has 1 aromatic heterocycles. The molecule has 2 rings (SSSR count). The minimum absolute atomic E-state index is 0.125. The predicted molar refractivity (Wildman–Crippen MR) is 119 cm³/mol. The van der Waals surface area contributed by atoms with Gasteiger partial charge in [0.1, 0.15) is 18.6 Å². The third kappa shape index (κ3) is 5.86. The highest BCUT2D eigenvalue weighted by Gasteiger charge is 2.32. The molecule has 2 aromatic rings. The van der Waals surface area contributed by atoms with Gasteiger partial charge in [-0.15, -0.1) is 23.2 Å². The normalized spacial score (nSPS) is 11.8. The number of alkyl halides is 2. The summed E-state index contributed by atoms with van der Waals surface area (Å²) in [5.41, 5.74) is 1.21. The number of rotatable bonds is 12. The number of hydrogen-bond donors (Lipinski definition) is 1. The number of benzene rings is 1. The molecule has 166 valence electrons. The quantitative estimate of drug-likeness (QED) is 0.212. The van der Waals surface area contributed by atoms with Gasteiger partial charge >= 0.3 is 13.5 Å². The summed E-state index contributed by atoms with van der Waals surface area (Å²) >= 11 is 11.7. The topological polar surface area (TPSA) is 106 Å². The van der Waals surface area contributed by atoms with Gasteiger partial charge in [0.25, 0.3) is 0 Å². The fourth-order valence-electron chi connectivity index (χ4n) is 2.64. The van der Waals surface area contributed by atoms with E-state index in [4.69, 9.17) is 27.9 Å². The number of imidazole rings is 1. The van der Waals surface area contributed by atoms with E-state index in [0.717, 1.165) is 0 Å². The van der Waals surface area contributed by atoms with E-state index in [2.05, 4.69) is 10.1 Å². The molecule has 0 aliphatic heterocycles. The van der Waals surface area contributed by atoms with Crippen molar-refractivity contribution in [3.05, 3.63) is 46.3 Å². The Kier molecular flexibility index (Phi) is 8.93. The van der Waals surface area contributed by atoms with Crippen molar-refractivity contribution < 1.29 is 14.2 Å². The Balaban J connectivity index is 2.08. The van der Waals surface area contributed by atoms with Crippen LogP contribution in [0, 0.1) is 10.1 Å². The number of anilines is 1. The van der Waals surface area contributed by atoms with Crippen molar-refractivity contribution in [2.45, 2.75) is 6.61 Å². The summed E-state index contributed by atoms with van der Waals surface area (Å²) < 4.78 is 24.0. The molecule has 0 aliphatic rings. The molecule has 0 fully saturated rings. The molecule has 0 saturated heterocycles. The zero-order valence-corrected chi connectivity index (χ0v) is 19.4. The first-order valence-electron chi connectivity index (χ1n) is 9.04. The van der Waals surface area contributed by atoms with Crippen LogP contribution in [0.1, 0.15) is 5.69 Å². The molecule has 0 unspecified atom stereocenters. The summed E-state index contributed by atoms with van der Waals surface area (Å²) in [4.78, 5) is 14.1. The molecule has 0 bridgehead atoms. The summed E-state index contributed by atoms with van der Waals surface area (Å²) in [6, 6.07) is 6.94. The van der Waals surface area contributed by atoms with Crippen molar-refractivity contribution >= 4 is 42.4 Å². The average molecular weight is 479 g/mol. The highest BCUT2D eigenvalue weighted by atomic mass is 35.5. The second-order valence-electron chi connectivity index (χ2n) is 6.48. The van der Waals surface area contributed by atoms with Gasteiger partial charge in [0.15, 0.2) is 5.69 Å². The second-order valence-corrected chi connectivity index (χ2v) is 9.91. The Morgan fingerprint density at radius 3 is 2.23 bits per heavy atom. The molecule has 30 heavy (non-hydrogen) atoms. The molecule has 10 nitrogen and oxygen atoms in total. The standard InChI is InChI=1S/C17H25Cl2N6O4P/c1-22(10-8-18)30(28,23(2)11-9-19)21-14-4-6-16(7-5-14)29-13-15-12-20-17(24(15)3)25(26)27/h4-7,12H,8-11,13H2,1-3H3,(H,21,28). The summed E-state index contributed by atoms with van der Waals surface area (Å²) in [5, 5.41) is 14.0. The zero-order valence-electron chi connectivity index (χ0n) is 17.0. The van der Waals surface area contributed by atoms with Gasteiger partial charge in [0.2, 0.25) is 0 Å². The molecular weight excluding hydrogens is 454 g/mol. The van der Waals surface area contributed by atoms with Gasteiger partial charge in [-0.05, 0) is 43.3 Å². The smallest absolute Gasteiger partial charge is 0.434 e. The van der Waals surface area contributed by atoms with Gasteiger partial charge in [0.05, 0.1) is 7.05 Å². The third-order valence-corrected chi connectivity index (χ3v) is 7.62. The van der Waals surface area contributed by atoms with Gasteiger partial charge in [-0.1, -0.05) is 4.98 Å². The average Bonchev–Trinajstić information content (AvgIpc) is 3.08. The van der Waals surface area contributed by atoms with Crippen LogP contribution in [0.4, 0.5) is 11.6 Å². The van der Waals surface area contributed by atoms with Gasteiger partial charge in [-0.3, -0.25) is 4.57 Å². The Morgan fingerprint density at radius 1 is 1.20 bits per heavy atom. The van der Waals surface area contributed by atoms with Crippen LogP contribution >= 0.6 is 30.8 Å². The van der Waals surface area contributed by atoms with Crippen LogP contribution in [0.3, 0.4) is 0 Å². The highest BCUT2D eigenvalue weighted by molar-refractivity contribution is 7.60. The van der Waals surface area contributed by atoms with Crippen LogP contribution in [0.25, 0.3) is 0 Å². The fraction of sp³-hybridized carbons (Fsp3) is 0.471. The van der Waals surface area contributed by atoms with E-state index in [-0.39, 0.29) is 12.6 Å². The lowest BCUT2D eigenvalue weighted by molar-refractivity contribution is -0.396. The predicted octanol–water partition coefficient (Wildman–Crippen LogP) is 3.77. The van der Waals surface area contributed by atoms with Crippen molar-refractivity contribution in [3.8, 4) is 5.75 Å². The highest BCUT2D eigenvalue weighted by Crippen LogP contribution is 2.50. The summed E-state index contributed by atoms with van der Waals surface area (Å²) in [7, 11) is 1.93. The van der Waals surface area contributed by atoms with E-state index in [1.54, 1.807) is 54.7 Å². The Bertz CT molecular complexity index is 879. The zero-order chi connectivity index (χ0) is 22.3. The van der Waals surface area contributed by atoms with Crippen molar-refractivity contribution in [1.29, 1.82) is 0 Å². The molecule has 1 heterocycles. The molecule has 0 radical (unpaired) electrons. The third-order valence-electron chi connectivity index (χ3n) is 4.48. The molecule has 13 heteroatoms. The number of ether oxygens (including phenoxy) is 1. The van der Waals surface area contributed by atoms with E-state index in [1.807, 2.05) is 0 Å². The summed E-state index contributed by atoms with van der Waals surface area (Å²) in [6.07, 6.45) is 1.41. The number of nitrogens with zero attached hydrogens (tertiary/aromatic N) is 5. The molecule has 0 spiro atoms. The Hall–Kier alpha value is -1.84. The second kappa shape index (κ2) is 11.0. The lowest BCUT2D eigenvalue weighted by Crippen LogP contribution is -2.33. The van der Waals surface area contributed by atoms with Crippen LogP contribution in [0.5, 0.6) is 5.75 Å². The van der Waals surface area contributed by atoms with Gasteiger partial charge in [-0.25, -0.2) is 13.9 Å². The molecule has 0 saturated carbocycles. The van der Waals surface area contributed by atoms with Crippen LogP contribution in [-0.4, -0.2) is 62.8 Å². The maximum absolute atomic E-state index is 13.6. The first-order valence-corrected chi connectivity index (χ1v) is 11.7. The van der Waals surface area contributed by atoms with Crippen LogP contribution in [0.15, 0.2) is 30.5 Å². The van der Waals surface area contributed by atoms with Crippen LogP contribution in [0.2, 0.25) is 0 Å². The summed E-state index contributed by atoms with van der Waals surface area (Å²) in [5.74, 6) is 1.000. The summed E-state index contributed by atoms with van der Waals surface area (Å²) in [6.45, 7) is 1.01. The SMILES string of the molecule is CN(CCCl)P(=O)(Nc1ccc(OCc2cnc([N+](=O)[O-])n2C)cc1)N(C)CCCl. The van der Waals surface area contributed by atoms with Crippen LogP contribution in [-0.2, 0) is 18.2 Å². The Labute approximate surface area is 185 Å². The molecule has 0 amide bonds. The molecule has 1 aromatic carbocycles. The molecule has 0 atom stereocenters. The van der Waals surface area contributed by atoms with E-state index in [0.29, 0.717) is 42.0 Å². The number of nitrogens with one attached hydrogen (secondary N) is 1. The van der Waals surface area contributed by atoms with E-state index in [9.17, 15) is 14.7 Å².